The highest BCUT2D eigenvalue weighted by molar-refractivity contribution is 9.10. The summed E-state index contributed by atoms with van der Waals surface area (Å²) < 4.78 is 7.02. The number of rotatable bonds is 2. The highest BCUT2D eigenvalue weighted by Crippen LogP contribution is 2.32. The Hall–Kier alpha value is -0.540. The molecule has 0 aromatic heterocycles. The number of hydrogen-bond acceptors (Lipinski definition) is 2. The van der Waals surface area contributed by atoms with E-state index in [-0.39, 0.29) is 5.41 Å². The first-order valence-electron chi connectivity index (χ1n) is 6.14. The second-order valence-electron chi connectivity index (χ2n) is 5.63. The quantitative estimate of drug-likeness (QED) is 0.902. The summed E-state index contributed by atoms with van der Waals surface area (Å²) >= 11 is 3.60. The molecule has 1 fully saturated rings. The van der Waals surface area contributed by atoms with Crippen molar-refractivity contribution in [2.24, 2.45) is 0 Å². The van der Waals surface area contributed by atoms with Gasteiger partial charge in [-0.3, -0.25) is 0 Å². The summed E-state index contributed by atoms with van der Waals surface area (Å²) in [7, 11) is 0. The molecule has 17 heavy (non-hydrogen) atoms. The predicted molar refractivity (Wildman–Crippen MR) is 74.7 cm³/mol. The molecule has 0 aliphatic carbocycles. The number of hydrogen-bond donors (Lipinski definition) is 1. The fraction of sp³-hybridized carbons (Fsp3) is 0.571. The molecule has 1 aliphatic heterocycles. The van der Waals surface area contributed by atoms with Crippen molar-refractivity contribution in [3.63, 3.8) is 0 Å². The van der Waals surface area contributed by atoms with Crippen LogP contribution in [0.5, 0.6) is 5.75 Å². The second-order valence-corrected chi connectivity index (χ2v) is 6.48. The Morgan fingerprint density at radius 3 is 2.65 bits per heavy atom. The van der Waals surface area contributed by atoms with Crippen LogP contribution in [0.1, 0.15) is 32.8 Å². The van der Waals surface area contributed by atoms with Crippen molar-refractivity contribution < 1.29 is 4.74 Å². The van der Waals surface area contributed by atoms with Gasteiger partial charge in [0.15, 0.2) is 0 Å². The maximum atomic E-state index is 5.96. The van der Waals surface area contributed by atoms with Gasteiger partial charge >= 0.3 is 0 Å². The maximum Gasteiger partial charge on any atom is 0.133 e. The molecule has 0 saturated carbocycles. The smallest absolute Gasteiger partial charge is 0.133 e. The number of halogens is 1. The van der Waals surface area contributed by atoms with Crippen LogP contribution in [0.2, 0.25) is 0 Å². The van der Waals surface area contributed by atoms with Crippen LogP contribution in [-0.4, -0.2) is 19.2 Å². The first-order valence-corrected chi connectivity index (χ1v) is 6.93. The third kappa shape index (κ3) is 3.23. The lowest BCUT2D eigenvalue weighted by Gasteiger charge is -2.21. The fourth-order valence-corrected chi connectivity index (χ4v) is 2.44. The lowest BCUT2D eigenvalue weighted by atomic mass is 9.87. The van der Waals surface area contributed by atoms with E-state index in [9.17, 15) is 0 Å². The molecule has 1 saturated heterocycles. The van der Waals surface area contributed by atoms with Gasteiger partial charge in [-0.1, -0.05) is 26.8 Å². The van der Waals surface area contributed by atoms with E-state index in [1.807, 2.05) is 0 Å². The summed E-state index contributed by atoms with van der Waals surface area (Å²) in [5.41, 5.74) is 1.50. The summed E-state index contributed by atoms with van der Waals surface area (Å²) in [6, 6.07) is 6.39. The highest BCUT2D eigenvalue weighted by atomic mass is 79.9. The van der Waals surface area contributed by atoms with Crippen LogP contribution in [0.25, 0.3) is 0 Å². The van der Waals surface area contributed by atoms with Gasteiger partial charge in [0, 0.05) is 6.54 Å². The van der Waals surface area contributed by atoms with E-state index in [1.165, 1.54) is 5.56 Å². The Kier molecular flexibility index (Phi) is 3.79. The molecule has 2 rings (SSSR count). The molecule has 1 aromatic rings. The molecule has 94 valence electrons. The zero-order valence-corrected chi connectivity index (χ0v) is 12.3. The van der Waals surface area contributed by atoms with Crippen molar-refractivity contribution >= 4 is 15.9 Å². The lowest BCUT2D eigenvalue weighted by Crippen LogP contribution is -2.20. The Morgan fingerprint density at radius 1 is 1.35 bits per heavy atom. The van der Waals surface area contributed by atoms with Crippen molar-refractivity contribution in [2.45, 2.75) is 38.7 Å². The van der Waals surface area contributed by atoms with Gasteiger partial charge in [-0.25, -0.2) is 0 Å². The summed E-state index contributed by atoms with van der Waals surface area (Å²) in [6.45, 7) is 8.67. The van der Waals surface area contributed by atoms with Crippen molar-refractivity contribution in [3.05, 3.63) is 28.2 Å². The Balaban J connectivity index is 2.14. The van der Waals surface area contributed by atoms with Gasteiger partial charge in [0.25, 0.3) is 0 Å². The summed E-state index contributed by atoms with van der Waals surface area (Å²) in [4.78, 5) is 0. The fourth-order valence-electron chi connectivity index (χ4n) is 1.97. The van der Waals surface area contributed by atoms with Gasteiger partial charge < -0.3 is 10.1 Å². The van der Waals surface area contributed by atoms with E-state index in [2.05, 4.69) is 60.2 Å². The van der Waals surface area contributed by atoms with Gasteiger partial charge in [-0.05, 0) is 52.0 Å². The molecule has 0 radical (unpaired) electrons. The Labute approximate surface area is 112 Å². The Morgan fingerprint density at radius 2 is 2.12 bits per heavy atom. The largest absolute Gasteiger partial charge is 0.488 e. The molecular weight excluding hydrogens is 278 g/mol. The number of ether oxygens (including phenoxy) is 1. The maximum absolute atomic E-state index is 5.96. The minimum absolute atomic E-state index is 0.177. The molecule has 1 aliphatic rings. The van der Waals surface area contributed by atoms with Crippen LogP contribution in [0.15, 0.2) is 22.7 Å². The van der Waals surface area contributed by atoms with Crippen LogP contribution in [0.3, 0.4) is 0 Å². The van der Waals surface area contributed by atoms with Gasteiger partial charge in [0.05, 0.1) is 4.47 Å². The molecule has 0 spiro atoms. The van der Waals surface area contributed by atoms with Crippen LogP contribution in [0.4, 0.5) is 0 Å². The highest BCUT2D eigenvalue weighted by Gasteiger charge is 2.19. The average Bonchev–Trinajstić information content (AvgIpc) is 2.72. The first kappa shape index (κ1) is 12.9. The molecule has 1 atom stereocenters. The van der Waals surface area contributed by atoms with E-state index < -0.39 is 0 Å². The van der Waals surface area contributed by atoms with Crippen molar-refractivity contribution in [1.29, 1.82) is 0 Å². The number of nitrogens with one attached hydrogen (secondary N) is 1. The van der Waals surface area contributed by atoms with Gasteiger partial charge in [0.1, 0.15) is 11.9 Å². The third-order valence-electron chi connectivity index (χ3n) is 3.11. The van der Waals surface area contributed by atoms with Crippen LogP contribution in [-0.2, 0) is 5.41 Å². The summed E-state index contributed by atoms with van der Waals surface area (Å²) in [5.74, 6) is 0.951. The number of benzene rings is 1. The molecule has 0 amide bonds. The van der Waals surface area contributed by atoms with Crippen molar-refractivity contribution in [1.82, 2.24) is 5.32 Å². The van der Waals surface area contributed by atoms with E-state index >= 15 is 0 Å². The zero-order valence-electron chi connectivity index (χ0n) is 10.7. The lowest BCUT2D eigenvalue weighted by molar-refractivity contribution is 0.221. The monoisotopic (exact) mass is 297 g/mol. The second kappa shape index (κ2) is 4.99. The SMILES string of the molecule is CC(C)(C)c1ccc(O[C@H]2CCNC2)c(Br)c1. The standard InChI is InChI=1S/C14H20BrNO/c1-14(2,3)10-4-5-13(12(15)8-10)17-11-6-7-16-9-11/h4-5,8,11,16H,6-7,9H2,1-3H3/t11-/m0/s1. The van der Waals surface area contributed by atoms with E-state index in [1.54, 1.807) is 0 Å². The minimum Gasteiger partial charge on any atom is -0.488 e. The molecule has 0 bridgehead atoms. The molecule has 2 nitrogen and oxygen atoms in total. The summed E-state index contributed by atoms with van der Waals surface area (Å²) in [6.07, 6.45) is 1.40. The molecular formula is C14H20BrNO. The zero-order chi connectivity index (χ0) is 12.5. The molecule has 1 N–H and O–H groups in total. The van der Waals surface area contributed by atoms with E-state index in [0.717, 1.165) is 29.7 Å². The molecule has 1 aromatic carbocycles. The normalized spacial score (nSPS) is 20.6. The van der Waals surface area contributed by atoms with E-state index in [0.29, 0.717) is 6.10 Å². The summed E-state index contributed by atoms with van der Waals surface area (Å²) in [5, 5.41) is 3.31. The van der Waals surface area contributed by atoms with Gasteiger partial charge in [-0.15, -0.1) is 0 Å². The van der Waals surface area contributed by atoms with Crippen LogP contribution >= 0.6 is 15.9 Å². The van der Waals surface area contributed by atoms with Gasteiger partial charge in [-0.2, -0.15) is 0 Å². The third-order valence-corrected chi connectivity index (χ3v) is 3.73. The molecule has 0 unspecified atom stereocenters. The minimum atomic E-state index is 0.177. The van der Waals surface area contributed by atoms with E-state index in [4.69, 9.17) is 4.74 Å². The average molecular weight is 298 g/mol. The Bertz CT molecular complexity index is 392. The molecule has 1 heterocycles. The van der Waals surface area contributed by atoms with Gasteiger partial charge in [0.2, 0.25) is 0 Å². The van der Waals surface area contributed by atoms with Crippen molar-refractivity contribution in [2.75, 3.05) is 13.1 Å². The van der Waals surface area contributed by atoms with Crippen molar-refractivity contribution in [3.8, 4) is 5.75 Å². The van der Waals surface area contributed by atoms with Crippen LogP contribution in [0, 0.1) is 0 Å². The topological polar surface area (TPSA) is 21.3 Å². The first-order chi connectivity index (χ1) is 7.97. The molecule has 3 heteroatoms. The van der Waals surface area contributed by atoms with Crippen LogP contribution < -0.4 is 10.1 Å². The predicted octanol–water partition coefficient (Wildman–Crippen LogP) is 3.49.